The van der Waals surface area contributed by atoms with Crippen molar-refractivity contribution in [2.24, 2.45) is 10.9 Å². The molecule has 0 saturated carbocycles. The smallest absolute Gasteiger partial charge is 0.193 e. The van der Waals surface area contributed by atoms with E-state index in [9.17, 15) is 0 Å². The molecule has 0 unspecified atom stereocenters. The fourth-order valence-electron chi connectivity index (χ4n) is 2.13. The van der Waals surface area contributed by atoms with Crippen LogP contribution in [0.3, 0.4) is 0 Å². The van der Waals surface area contributed by atoms with Crippen LogP contribution in [0.2, 0.25) is 0 Å². The van der Waals surface area contributed by atoms with Crippen LogP contribution in [0, 0.1) is 5.92 Å². The van der Waals surface area contributed by atoms with Gasteiger partial charge >= 0.3 is 0 Å². The number of likely N-dealkylation sites (tertiary alicyclic amines) is 1. The summed E-state index contributed by atoms with van der Waals surface area (Å²) in [6, 6.07) is 0. The monoisotopic (exact) mass is 225 g/mol. The Hall–Kier alpha value is -0.730. The Labute approximate surface area is 100 Å². The van der Waals surface area contributed by atoms with E-state index in [4.69, 9.17) is 0 Å². The van der Waals surface area contributed by atoms with Crippen LogP contribution >= 0.6 is 0 Å². The highest BCUT2D eigenvalue weighted by atomic mass is 15.3. The average Bonchev–Trinajstić information content (AvgIpc) is 2.31. The minimum Gasteiger partial charge on any atom is -0.356 e. The Morgan fingerprint density at radius 2 is 2.00 bits per heavy atom. The van der Waals surface area contributed by atoms with Gasteiger partial charge in [0.15, 0.2) is 5.96 Å². The van der Waals surface area contributed by atoms with Crippen molar-refractivity contribution in [1.29, 1.82) is 0 Å². The van der Waals surface area contributed by atoms with Crippen molar-refractivity contribution in [2.45, 2.75) is 46.0 Å². The lowest BCUT2D eigenvalue weighted by Crippen LogP contribution is -2.45. The second-order valence-electron chi connectivity index (χ2n) is 4.85. The Kier molecular flexibility index (Phi) is 6.27. The fraction of sp³-hybridized carbons (Fsp3) is 0.923. The van der Waals surface area contributed by atoms with Crippen LogP contribution in [-0.4, -0.2) is 37.5 Å². The van der Waals surface area contributed by atoms with Gasteiger partial charge in [-0.05, 0) is 25.2 Å². The summed E-state index contributed by atoms with van der Waals surface area (Å²) in [6.07, 6.45) is 6.44. The molecule has 0 aromatic heterocycles. The molecule has 1 aliphatic rings. The maximum atomic E-state index is 4.37. The summed E-state index contributed by atoms with van der Waals surface area (Å²) >= 11 is 0. The molecule has 0 amide bonds. The molecule has 94 valence electrons. The second kappa shape index (κ2) is 7.53. The van der Waals surface area contributed by atoms with E-state index in [2.05, 4.69) is 29.1 Å². The van der Waals surface area contributed by atoms with Gasteiger partial charge in [0.2, 0.25) is 0 Å². The highest BCUT2D eigenvalue weighted by molar-refractivity contribution is 5.79. The van der Waals surface area contributed by atoms with Gasteiger partial charge in [0, 0.05) is 26.7 Å². The van der Waals surface area contributed by atoms with Crippen LogP contribution in [-0.2, 0) is 0 Å². The molecular weight excluding hydrogens is 198 g/mol. The molecule has 3 heteroatoms. The molecule has 0 aromatic carbocycles. The van der Waals surface area contributed by atoms with Gasteiger partial charge in [-0.3, -0.25) is 4.99 Å². The van der Waals surface area contributed by atoms with E-state index >= 15 is 0 Å². The molecule has 1 fully saturated rings. The van der Waals surface area contributed by atoms with Gasteiger partial charge in [-0.2, -0.15) is 0 Å². The summed E-state index contributed by atoms with van der Waals surface area (Å²) < 4.78 is 0. The van der Waals surface area contributed by atoms with Crippen molar-refractivity contribution in [2.75, 3.05) is 26.7 Å². The molecule has 0 aliphatic carbocycles. The molecule has 1 saturated heterocycles. The van der Waals surface area contributed by atoms with Gasteiger partial charge in [-0.25, -0.2) is 0 Å². The zero-order valence-electron chi connectivity index (χ0n) is 11.1. The number of rotatable bonds is 4. The Morgan fingerprint density at radius 1 is 1.31 bits per heavy atom. The zero-order chi connectivity index (χ0) is 11.8. The van der Waals surface area contributed by atoms with E-state index in [0.717, 1.165) is 31.5 Å². The molecule has 1 rings (SSSR count). The van der Waals surface area contributed by atoms with Gasteiger partial charge in [0.05, 0.1) is 0 Å². The van der Waals surface area contributed by atoms with Crippen LogP contribution in [0.1, 0.15) is 46.0 Å². The Morgan fingerprint density at radius 3 is 2.56 bits per heavy atom. The first-order chi connectivity index (χ1) is 7.77. The van der Waals surface area contributed by atoms with Crippen LogP contribution in [0.15, 0.2) is 4.99 Å². The molecule has 0 bridgehead atoms. The molecule has 0 radical (unpaired) electrons. The molecule has 0 aromatic rings. The molecule has 1 aliphatic heterocycles. The van der Waals surface area contributed by atoms with Crippen molar-refractivity contribution < 1.29 is 0 Å². The standard InChI is InChI=1S/C13H27N3/c1-4-5-6-9-15-13(14-3)16-10-7-12(2)8-11-16/h12H,4-11H2,1-3H3,(H,14,15). The highest BCUT2D eigenvalue weighted by Crippen LogP contribution is 2.15. The lowest BCUT2D eigenvalue weighted by Gasteiger charge is -2.32. The summed E-state index contributed by atoms with van der Waals surface area (Å²) in [5.41, 5.74) is 0. The predicted molar refractivity (Wildman–Crippen MR) is 70.9 cm³/mol. The molecule has 1 N–H and O–H groups in total. The van der Waals surface area contributed by atoms with E-state index in [1.54, 1.807) is 0 Å². The highest BCUT2D eigenvalue weighted by Gasteiger charge is 2.17. The van der Waals surface area contributed by atoms with E-state index in [1.165, 1.54) is 32.1 Å². The molecule has 0 spiro atoms. The van der Waals surface area contributed by atoms with E-state index in [1.807, 2.05) is 7.05 Å². The molecular formula is C13H27N3. The van der Waals surface area contributed by atoms with Crippen molar-refractivity contribution in [1.82, 2.24) is 10.2 Å². The normalized spacial score (nSPS) is 18.9. The summed E-state index contributed by atoms with van der Waals surface area (Å²) in [6.45, 7) is 7.96. The molecule has 1 heterocycles. The van der Waals surface area contributed by atoms with Crippen LogP contribution in [0.4, 0.5) is 0 Å². The maximum Gasteiger partial charge on any atom is 0.193 e. The Balaban J connectivity index is 2.26. The number of hydrogen-bond acceptors (Lipinski definition) is 1. The summed E-state index contributed by atoms with van der Waals surface area (Å²) in [4.78, 5) is 6.76. The largest absolute Gasteiger partial charge is 0.356 e. The minimum atomic E-state index is 0.884. The first-order valence-electron chi connectivity index (χ1n) is 6.73. The number of nitrogens with one attached hydrogen (secondary N) is 1. The summed E-state index contributed by atoms with van der Waals surface area (Å²) in [7, 11) is 1.89. The third-order valence-electron chi connectivity index (χ3n) is 3.36. The van der Waals surface area contributed by atoms with Crippen LogP contribution < -0.4 is 5.32 Å². The first-order valence-corrected chi connectivity index (χ1v) is 6.73. The number of unbranched alkanes of at least 4 members (excludes halogenated alkanes) is 2. The third kappa shape index (κ3) is 4.42. The van der Waals surface area contributed by atoms with E-state index in [0.29, 0.717) is 0 Å². The quantitative estimate of drug-likeness (QED) is 0.452. The van der Waals surface area contributed by atoms with Gasteiger partial charge in [-0.1, -0.05) is 26.7 Å². The number of aliphatic imine (C=N–C) groups is 1. The van der Waals surface area contributed by atoms with Gasteiger partial charge in [0.25, 0.3) is 0 Å². The first kappa shape index (κ1) is 13.3. The third-order valence-corrected chi connectivity index (χ3v) is 3.36. The average molecular weight is 225 g/mol. The van der Waals surface area contributed by atoms with E-state index in [-0.39, 0.29) is 0 Å². The van der Waals surface area contributed by atoms with Crippen molar-refractivity contribution in [3.05, 3.63) is 0 Å². The number of guanidine groups is 1. The second-order valence-corrected chi connectivity index (χ2v) is 4.85. The van der Waals surface area contributed by atoms with Crippen LogP contribution in [0.25, 0.3) is 0 Å². The maximum absolute atomic E-state index is 4.37. The molecule has 3 nitrogen and oxygen atoms in total. The molecule has 0 atom stereocenters. The van der Waals surface area contributed by atoms with Gasteiger partial charge in [-0.15, -0.1) is 0 Å². The number of piperidine rings is 1. The van der Waals surface area contributed by atoms with Crippen molar-refractivity contribution >= 4 is 5.96 Å². The van der Waals surface area contributed by atoms with Crippen molar-refractivity contribution in [3.63, 3.8) is 0 Å². The predicted octanol–water partition coefficient (Wildman–Crippen LogP) is 2.48. The number of nitrogens with zero attached hydrogens (tertiary/aromatic N) is 2. The molecule has 16 heavy (non-hydrogen) atoms. The van der Waals surface area contributed by atoms with Crippen LogP contribution in [0.5, 0.6) is 0 Å². The summed E-state index contributed by atoms with van der Waals surface area (Å²) in [5.74, 6) is 1.98. The van der Waals surface area contributed by atoms with Crippen molar-refractivity contribution in [3.8, 4) is 0 Å². The zero-order valence-corrected chi connectivity index (χ0v) is 11.1. The lowest BCUT2D eigenvalue weighted by atomic mass is 10.00. The van der Waals surface area contributed by atoms with Gasteiger partial charge < -0.3 is 10.2 Å². The Bertz CT molecular complexity index is 205. The topological polar surface area (TPSA) is 27.6 Å². The minimum absolute atomic E-state index is 0.884. The fourth-order valence-corrected chi connectivity index (χ4v) is 2.13. The lowest BCUT2D eigenvalue weighted by molar-refractivity contribution is 0.273. The van der Waals surface area contributed by atoms with E-state index < -0.39 is 0 Å². The summed E-state index contributed by atoms with van der Waals surface area (Å²) in [5, 5.41) is 3.46. The van der Waals surface area contributed by atoms with Gasteiger partial charge in [0.1, 0.15) is 0 Å². The SMILES string of the molecule is CCCCCNC(=NC)N1CCC(C)CC1. The number of hydrogen-bond donors (Lipinski definition) is 1.